The number of aromatic amines is 1. The van der Waals surface area contributed by atoms with Crippen molar-refractivity contribution < 1.29 is 19.1 Å². The first kappa shape index (κ1) is 21.2. The number of H-pyrrole nitrogens is 1. The molecule has 3 heterocycles. The van der Waals surface area contributed by atoms with Gasteiger partial charge in [0.05, 0.1) is 24.4 Å². The molecule has 2 amide bonds. The molecule has 0 saturated carbocycles. The molecular weight excluding hydrogens is 420 g/mol. The van der Waals surface area contributed by atoms with Gasteiger partial charge in [-0.1, -0.05) is 0 Å². The maximum Gasteiger partial charge on any atom is 0.337 e. The fourth-order valence-corrected chi connectivity index (χ4v) is 5.09. The fraction of sp³-hybridized carbons (Fsp3) is 0.360. The molecule has 170 valence electrons. The normalized spacial score (nSPS) is 17.7. The average Bonchev–Trinajstić information content (AvgIpc) is 3.43. The van der Waals surface area contributed by atoms with Crippen LogP contribution in [0.1, 0.15) is 45.5 Å². The molecule has 0 bridgehead atoms. The summed E-state index contributed by atoms with van der Waals surface area (Å²) >= 11 is 0. The third kappa shape index (κ3) is 3.75. The molecule has 0 unspecified atom stereocenters. The molecule has 0 aliphatic carbocycles. The van der Waals surface area contributed by atoms with Crippen LogP contribution in [0.5, 0.6) is 0 Å². The number of fused-ring (bicyclic) bond motifs is 1. The van der Waals surface area contributed by atoms with Gasteiger partial charge in [0.25, 0.3) is 5.91 Å². The molecule has 8 heteroatoms. The highest BCUT2D eigenvalue weighted by atomic mass is 16.5. The second-order valence-electron chi connectivity index (χ2n) is 9.11. The quantitative estimate of drug-likeness (QED) is 0.623. The number of methoxy groups -OCH3 is 1. The highest BCUT2D eigenvalue weighted by molar-refractivity contribution is 5.99. The summed E-state index contributed by atoms with van der Waals surface area (Å²) in [7, 11) is 1.35. The lowest BCUT2D eigenvalue weighted by atomic mass is 9.77. The Labute approximate surface area is 191 Å². The molecule has 0 radical (unpaired) electrons. The van der Waals surface area contributed by atoms with E-state index in [0.29, 0.717) is 37.2 Å². The Morgan fingerprint density at radius 1 is 1.09 bits per heavy atom. The van der Waals surface area contributed by atoms with Gasteiger partial charge in [0.1, 0.15) is 0 Å². The number of hydrogen-bond acceptors (Lipinski definition) is 5. The number of piperidine rings is 1. The molecule has 2 aromatic carbocycles. The number of nitrogens with zero attached hydrogens (tertiary/aromatic N) is 3. The monoisotopic (exact) mass is 446 g/mol. The lowest BCUT2D eigenvalue weighted by Gasteiger charge is -2.38. The number of amides is 2. The Morgan fingerprint density at radius 3 is 2.52 bits per heavy atom. The Balaban J connectivity index is 1.26. The molecule has 1 spiro atoms. The summed E-state index contributed by atoms with van der Waals surface area (Å²) in [5.74, 6) is -0.290. The number of benzene rings is 2. The smallest absolute Gasteiger partial charge is 0.337 e. The number of carbonyl (C=O) groups excluding carboxylic acids is 3. The highest BCUT2D eigenvalue weighted by Crippen LogP contribution is 2.43. The molecule has 0 atom stereocenters. The summed E-state index contributed by atoms with van der Waals surface area (Å²) < 4.78 is 4.74. The van der Waals surface area contributed by atoms with Crippen LogP contribution in [0.4, 0.5) is 5.69 Å². The Hall–Kier alpha value is -3.68. The summed E-state index contributed by atoms with van der Waals surface area (Å²) in [6.07, 6.45) is 3.79. The van der Waals surface area contributed by atoms with Gasteiger partial charge in [-0.05, 0) is 61.7 Å². The van der Waals surface area contributed by atoms with Crippen LogP contribution >= 0.6 is 0 Å². The first-order valence-electron chi connectivity index (χ1n) is 11.1. The minimum absolute atomic E-state index is 0.0237. The zero-order valence-electron chi connectivity index (χ0n) is 18.8. The fourth-order valence-electron chi connectivity index (χ4n) is 5.09. The molecule has 1 aromatic heterocycles. The van der Waals surface area contributed by atoms with Gasteiger partial charge in [0.15, 0.2) is 0 Å². The van der Waals surface area contributed by atoms with Gasteiger partial charge in [-0.2, -0.15) is 5.10 Å². The van der Waals surface area contributed by atoms with Crippen LogP contribution in [0.3, 0.4) is 0 Å². The molecule has 33 heavy (non-hydrogen) atoms. The third-order valence-electron chi connectivity index (χ3n) is 7.03. The SMILES string of the molecule is COC(=O)c1ccc(N2CC3(CCN(C(=O)c4cc(C)c5[nH]ncc5c4)CC3)CC2=O)cc1. The molecule has 2 saturated heterocycles. The van der Waals surface area contributed by atoms with Crippen LogP contribution in [0.15, 0.2) is 42.6 Å². The van der Waals surface area contributed by atoms with E-state index in [1.165, 1.54) is 7.11 Å². The predicted octanol–water partition coefficient (Wildman–Crippen LogP) is 3.32. The number of carbonyl (C=O) groups is 3. The number of ether oxygens (including phenoxy) is 1. The molecule has 1 N–H and O–H groups in total. The standard InChI is InChI=1S/C25H26N4O4/c1-16-11-18(12-19-14-26-27-22(16)19)23(31)28-9-7-25(8-10-28)13-21(30)29(15-25)20-5-3-17(4-6-20)24(32)33-2/h3-6,11-12,14H,7-10,13,15H2,1-2H3,(H,26,27). The topological polar surface area (TPSA) is 95.6 Å². The Bertz CT molecular complexity index is 1240. The summed E-state index contributed by atoms with van der Waals surface area (Å²) in [4.78, 5) is 41.4. The second kappa shape index (κ2) is 8.03. The number of likely N-dealkylation sites (tertiary alicyclic amines) is 1. The van der Waals surface area contributed by atoms with Crippen molar-refractivity contribution in [1.29, 1.82) is 0 Å². The van der Waals surface area contributed by atoms with Gasteiger partial charge in [0.2, 0.25) is 5.91 Å². The van der Waals surface area contributed by atoms with Crippen LogP contribution in [0.25, 0.3) is 10.9 Å². The van der Waals surface area contributed by atoms with E-state index in [2.05, 4.69) is 10.2 Å². The van der Waals surface area contributed by atoms with E-state index in [1.807, 2.05) is 24.0 Å². The number of aryl methyl sites for hydroxylation is 1. The molecule has 8 nitrogen and oxygen atoms in total. The van der Waals surface area contributed by atoms with Crippen LogP contribution in [-0.4, -0.2) is 59.6 Å². The van der Waals surface area contributed by atoms with Crippen molar-refractivity contribution in [3.05, 3.63) is 59.3 Å². The molecular formula is C25H26N4O4. The maximum absolute atomic E-state index is 13.2. The first-order valence-corrected chi connectivity index (χ1v) is 11.1. The van der Waals surface area contributed by atoms with E-state index < -0.39 is 5.97 Å². The van der Waals surface area contributed by atoms with Gasteiger partial charge < -0.3 is 14.5 Å². The number of esters is 1. The number of aromatic nitrogens is 2. The van der Waals surface area contributed by atoms with Crippen molar-refractivity contribution in [2.75, 3.05) is 31.6 Å². The van der Waals surface area contributed by atoms with E-state index in [1.54, 1.807) is 35.4 Å². The minimum Gasteiger partial charge on any atom is -0.465 e. The van der Waals surface area contributed by atoms with Crippen molar-refractivity contribution in [2.24, 2.45) is 5.41 Å². The van der Waals surface area contributed by atoms with E-state index in [-0.39, 0.29) is 17.2 Å². The Kier molecular flexibility index (Phi) is 5.15. The lowest BCUT2D eigenvalue weighted by molar-refractivity contribution is -0.118. The first-order chi connectivity index (χ1) is 15.9. The number of anilines is 1. The summed E-state index contributed by atoms with van der Waals surface area (Å²) in [6.45, 7) is 3.86. The van der Waals surface area contributed by atoms with Crippen LogP contribution in [-0.2, 0) is 9.53 Å². The van der Waals surface area contributed by atoms with Gasteiger partial charge >= 0.3 is 5.97 Å². The van der Waals surface area contributed by atoms with E-state index in [9.17, 15) is 14.4 Å². The van der Waals surface area contributed by atoms with Gasteiger partial charge in [0, 0.05) is 48.1 Å². The largest absolute Gasteiger partial charge is 0.465 e. The zero-order chi connectivity index (χ0) is 23.2. The molecule has 2 aliphatic rings. The van der Waals surface area contributed by atoms with Crippen LogP contribution in [0.2, 0.25) is 0 Å². The minimum atomic E-state index is -0.398. The van der Waals surface area contributed by atoms with E-state index in [4.69, 9.17) is 4.74 Å². The predicted molar refractivity (Wildman–Crippen MR) is 123 cm³/mol. The second-order valence-corrected chi connectivity index (χ2v) is 9.11. The summed E-state index contributed by atoms with van der Waals surface area (Å²) in [5.41, 5.74) is 3.74. The van der Waals surface area contributed by atoms with Gasteiger partial charge in [-0.25, -0.2) is 4.79 Å². The summed E-state index contributed by atoms with van der Waals surface area (Å²) in [5, 5.41) is 7.97. The van der Waals surface area contributed by atoms with Gasteiger partial charge in [-0.15, -0.1) is 0 Å². The highest BCUT2D eigenvalue weighted by Gasteiger charge is 2.46. The van der Waals surface area contributed by atoms with E-state index in [0.717, 1.165) is 35.0 Å². The van der Waals surface area contributed by atoms with E-state index >= 15 is 0 Å². The number of nitrogens with one attached hydrogen (secondary N) is 1. The molecule has 2 aliphatic heterocycles. The Morgan fingerprint density at radius 2 is 1.82 bits per heavy atom. The zero-order valence-corrected chi connectivity index (χ0v) is 18.8. The van der Waals surface area contributed by atoms with Gasteiger partial charge in [-0.3, -0.25) is 14.7 Å². The molecule has 2 fully saturated rings. The van der Waals surface area contributed by atoms with Crippen molar-refractivity contribution in [3.63, 3.8) is 0 Å². The number of hydrogen-bond donors (Lipinski definition) is 1. The van der Waals surface area contributed by atoms with Crippen LogP contribution in [0, 0.1) is 12.3 Å². The third-order valence-corrected chi connectivity index (χ3v) is 7.03. The molecule has 5 rings (SSSR count). The van der Waals surface area contributed by atoms with Crippen molar-refractivity contribution >= 4 is 34.4 Å². The average molecular weight is 447 g/mol. The van der Waals surface area contributed by atoms with Crippen molar-refractivity contribution in [3.8, 4) is 0 Å². The van der Waals surface area contributed by atoms with Crippen LogP contribution < -0.4 is 4.90 Å². The maximum atomic E-state index is 13.2. The van der Waals surface area contributed by atoms with Crippen molar-refractivity contribution in [2.45, 2.75) is 26.2 Å². The number of rotatable bonds is 3. The lowest BCUT2D eigenvalue weighted by Crippen LogP contribution is -2.44. The molecule has 3 aromatic rings. The summed E-state index contributed by atoms with van der Waals surface area (Å²) in [6, 6.07) is 10.7. The van der Waals surface area contributed by atoms with Crippen molar-refractivity contribution in [1.82, 2.24) is 15.1 Å².